The molecule has 0 spiro atoms. The number of allylic oxidation sites excluding steroid dienone is 4. The maximum atomic E-state index is 5.16. The van der Waals surface area contributed by atoms with Crippen LogP contribution < -0.4 is 0 Å². The van der Waals surface area contributed by atoms with Crippen LogP contribution in [0.1, 0.15) is 39.9 Å². The van der Waals surface area contributed by atoms with Crippen molar-refractivity contribution in [1.82, 2.24) is 9.38 Å². The summed E-state index contributed by atoms with van der Waals surface area (Å²) in [5.74, 6) is 0.253. The molecule has 2 unspecified atom stereocenters. The zero-order valence-electron chi connectivity index (χ0n) is 19.0. The largest absolute Gasteiger partial charge is 0.295 e. The van der Waals surface area contributed by atoms with Crippen LogP contribution in [0.15, 0.2) is 104 Å². The number of hydrogen-bond acceptors (Lipinski definition) is 1. The van der Waals surface area contributed by atoms with E-state index in [1.807, 2.05) is 12.2 Å². The highest BCUT2D eigenvalue weighted by molar-refractivity contribution is 6.14. The predicted molar refractivity (Wildman–Crippen MR) is 139 cm³/mol. The van der Waals surface area contributed by atoms with Crippen molar-refractivity contribution in [2.45, 2.75) is 25.7 Å². The summed E-state index contributed by atoms with van der Waals surface area (Å²) in [4.78, 5) is 5.16. The van der Waals surface area contributed by atoms with E-state index >= 15 is 0 Å². The van der Waals surface area contributed by atoms with Crippen molar-refractivity contribution in [1.29, 1.82) is 0 Å². The molecule has 0 bridgehead atoms. The molecule has 5 aromatic rings. The Balaban J connectivity index is 1.89. The van der Waals surface area contributed by atoms with Gasteiger partial charge < -0.3 is 0 Å². The van der Waals surface area contributed by atoms with Crippen LogP contribution in [0.2, 0.25) is 0 Å². The molecule has 1 aliphatic rings. The van der Waals surface area contributed by atoms with Gasteiger partial charge in [0.1, 0.15) is 5.65 Å². The molecule has 0 radical (unpaired) electrons. The van der Waals surface area contributed by atoms with Gasteiger partial charge in [0.15, 0.2) is 0 Å². The molecule has 0 amide bonds. The van der Waals surface area contributed by atoms with Crippen LogP contribution in [0.3, 0.4) is 0 Å². The van der Waals surface area contributed by atoms with E-state index in [1.54, 1.807) is 0 Å². The summed E-state index contributed by atoms with van der Waals surface area (Å²) in [6, 6.07) is 24.1. The SMILES string of the molecule is C=CC=C(C=C)C1c2ccc(C)c3c4ccccc4c4nc(C)c(n4c23)C1c1ccccc1. The average Bonchev–Trinajstić information content (AvgIpc) is 3.20. The van der Waals surface area contributed by atoms with Crippen LogP contribution in [-0.2, 0) is 0 Å². The van der Waals surface area contributed by atoms with Gasteiger partial charge in [0, 0.05) is 22.6 Å². The molecule has 0 saturated heterocycles. The lowest BCUT2D eigenvalue weighted by Crippen LogP contribution is -2.22. The van der Waals surface area contributed by atoms with E-state index < -0.39 is 0 Å². The Kier molecular flexibility index (Phi) is 4.38. The smallest absolute Gasteiger partial charge is 0.145 e. The molecule has 0 aliphatic carbocycles. The van der Waals surface area contributed by atoms with E-state index in [4.69, 9.17) is 4.98 Å². The Morgan fingerprint density at radius 1 is 0.909 bits per heavy atom. The van der Waals surface area contributed by atoms with E-state index in [2.05, 4.69) is 104 Å². The molecule has 2 nitrogen and oxygen atoms in total. The van der Waals surface area contributed by atoms with Crippen LogP contribution in [-0.4, -0.2) is 9.38 Å². The van der Waals surface area contributed by atoms with Crippen LogP contribution in [0.5, 0.6) is 0 Å². The third-order valence-electron chi connectivity index (χ3n) is 7.20. The van der Waals surface area contributed by atoms with Gasteiger partial charge in [0.25, 0.3) is 0 Å². The normalized spacial score (nSPS) is 17.8. The number of aromatic nitrogens is 2. The van der Waals surface area contributed by atoms with E-state index in [9.17, 15) is 0 Å². The Morgan fingerprint density at radius 3 is 2.36 bits per heavy atom. The predicted octanol–water partition coefficient (Wildman–Crippen LogP) is 7.79. The minimum absolute atomic E-state index is 0.123. The Morgan fingerprint density at radius 2 is 1.64 bits per heavy atom. The highest BCUT2D eigenvalue weighted by Crippen LogP contribution is 2.51. The van der Waals surface area contributed by atoms with E-state index in [0.717, 1.165) is 11.3 Å². The molecular formula is C31H26N2. The summed E-state index contributed by atoms with van der Waals surface area (Å²) < 4.78 is 2.44. The molecule has 3 aromatic carbocycles. The zero-order valence-corrected chi connectivity index (χ0v) is 19.0. The molecular weight excluding hydrogens is 400 g/mol. The summed E-state index contributed by atoms with van der Waals surface area (Å²) in [6.07, 6.45) is 5.98. The highest BCUT2D eigenvalue weighted by atomic mass is 15.0. The lowest BCUT2D eigenvalue weighted by molar-refractivity contribution is 0.652. The van der Waals surface area contributed by atoms with Gasteiger partial charge in [0.05, 0.1) is 16.9 Å². The first-order valence-electron chi connectivity index (χ1n) is 11.5. The Labute approximate surface area is 194 Å². The van der Waals surface area contributed by atoms with Gasteiger partial charge >= 0.3 is 0 Å². The van der Waals surface area contributed by atoms with Gasteiger partial charge in [-0.2, -0.15) is 0 Å². The summed E-state index contributed by atoms with van der Waals surface area (Å²) in [5, 5.41) is 3.78. The van der Waals surface area contributed by atoms with Gasteiger partial charge in [-0.1, -0.05) is 98.1 Å². The molecule has 160 valence electrons. The van der Waals surface area contributed by atoms with Crippen molar-refractivity contribution in [2.75, 3.05) is 0 Å². The second-order valence-electron chi connectivity index (χ2n) is 8.95. The third-order valence-corrected chi connectivity index (χ3v) is 7.20. The molecule has 1 aliphatic heterocycles. The molecule has 0 N–H and O–H groups in total. The third kappa shape index (κ3) is 2.64. The first-order valence-corrected chi connectivity index (χ1v) is 11.5. The van der Waals surface area contributed by atoms with Crippen molar-refractivity contribution in [3.8, 4) is 0 Å². The Hall–Kier alpha value is -3.91. The van der Waals surface area contributed by atoms with Crippen molar-refractivity contribution in [2.24, 2.45) is 0 Å². The lowest BCUT2D eigenvalue weighted by Gasteiger charge is -2.35. The minimum Gasteiger partial charge on any atom is -0.295 e. The molecule has 2 aromatic heterocycles. The van der Waals surface area contributed by atoms with Crippen molar-refractivity contribution in [3.05, 3.63) is 132 Å². The summed E-state index contributed by atoms with van der Waals surface area (Å²) in [6.45, 7) is 12.6. The van der Waals surface area contributed by atoms with E-state index in [-0.39, 0.29) is 11.8 Å². The summed E-state index contributed by atoms with van der Waals surface area (Å²) in [5.41, 5.74) is 9.74. The average molecular weight is 427 g/mol. The number of rotatable bonds is 4. The van der Waals surface area contributed by atoms with Crippen molar-refractivity contribution >= 4 is 27.3 Å². The number of nitrogens with zero attached hydrogens (tertiary/aromatic N) is 2. The molecule has 33 heavy (non-hydrogen) atoms. The standard InChI is InChI=1S/C31H26N2/c1-5-12-21(6-2)27-25-18-17-19(3)26-23-15-10-11-16-24(23)31-32-20(4)29(33(31)30(25)26)28(27)22-13-8-7-9-14-22/h5-18,27-28H,1-2H2,3-4H3. The van der Waals surface area contributed by atoms with Crippen LogP contribution >= 0.6 is 0 Å². The molecule has 6 rings (SSSR count). The quantitative estimate of drug-likeness (QED) is 0.212. The maximum Gasteiger partial charge on any atom is 0.145 e. The molecule has 2 heteroatoms. The lowest BCUT2D eigenvalue weighted by atomic mass is 9.72. The fourth-order valence-electron chi connectivity index (χ4n) is 5.90. The monoisotopic (exact) mass is 426 g/mol. The number of hydrogen-bond donors (Lipinski definition) is 0. The van der Waals surface area contributed by atoms with Gasteiger partial charge in [-0.25, -0.2) is 4.98 Å². The second kappa shape index (κ2) is 7.31. The number of benzene rings is 3. The maximum absolute atomic E-state index is 5.16. The topological polar surface area (TPSA) is 17.3 Å². The molecule has 0 saturated carbocycles. The van der Waals surface area contributed by atoms with Crippen LogP contribution in [0, 0.1) is 13.8 Å². The fraction of sp³-hybridized carbons (Fsp3) is 0.129. The highest BCUT2D eigenvalue weighted by Gasteiger charge is 2.38. The minimum atomic E-state index is 0.123. The van der Waals surface area contributed by atoms with Gasteiger partial charge in [-0.3, -0.25) is 4.40 Å². The van der Waals surface area contributed by atoms with Gasteiger partial charge in [-0.15, -0.1) is 0 Å². The number of fused-ring (bicyclic) bond motifs is 3. The first-order chi connectivity index (χ1) is 16.2. The summed E-state index contributed by atoms with van der Waals surface area (Å²) in [7, 11) is 0. The zero-order chi connectivity index (χ0) is 22.7. The number of imidazole rings is 1. The van der Waals surface area contributed by atoms with Crippen LogP contribution in [0.25, 0.3) is 27.3 Å². The number of aryl methyl sites for hydroxylation is 2. The molecule has 2 atom stereocenters. The first kappa shape index (κ1) is 19.8. The van der Waals surface area contributed by atoms with Gasteiger partial charge in [-0.05, 0) is 41.5 Å². The summed E-state index contributed by atoms with van der Waals surface area (Å²) >= 11 is 0. The molecule has 3 heterocycles. The molecule has 0 fully saturated rings. The second-order valence-corrected chi connectivity index (χ2v) is 8.95. The van der Waals surface area contributed by atoms with Gasteiger partial charge in [0.2, 0.25) is 0 Å². The Bertz CT molecular complexity index is 1620. The van der Waals surface area contributed by atoms with E-state index in [0.29, 0.717) is 0 Å². The number of pyridine rings is 1. The van der Waals surface area contributed by atoms with E-state index in [1.165, 1.54) is 49.6 Å². The fourth-order valence-corrected chi connectivity index (χ4v) is 5.90. The van der Waals surface area contributed by atoms with Crippen LogP contribution in [0.4, 0.5) is 0 Å². The van der Waals surface area contributed by atoms with Crippen molar-refractivity contribution in [3.63, 3.8) is 0 Å². The van der Waals surface area contributed by atoms with Crippen molar-refractivity contribution < 1.29 is 0 Å².